The average molecular weight is 222 g/mol. The number of nitrogens with one attached hydrogen (secondary N) is 1. The number of rotatable bonds is 4. The number of primary amides is 1. The fourth-order valence-corrected chi connectivity index (χ4v) is 1.73. The summed E-state index contributed by atoms with van der Waals surface area (Å²) in [5, 5.41) is 2.61. The summed E-state index contributed by atoms with van der Waals surface area (Å²) < 4.78 is 0. The van der Waals surface area contributed by atoms with E-state index >= 15 is 0 Å². The summed E-state index contributed by atoms with van der Waals surface area (Å²) in [6, 6.07) is 0. The van der Waals surface area contributed by atoms with Gasteiger partial charge in [0.1, 0.15) is 0 Å². The minimum absolute atomic E-state index is 0.0268. The molecule has 16 heavy (non-hydrogen) atoms. The van der Waals surface area contributed by atoms with E-state index in [-0.39, 0.29) is 23.7 Å². The van der Waals surface area contributed by atoms with Gasteiger partial charge in [-0.3, -0.25) is 9.59 Å². The normalized spacial score (nSPS) is 23.8. The van der Waals surface area contributed by atoms with Gasteiger partial charge in [0.2, 0.25) is 11.8 Å². The fourth-order valence-electron chi connectivity index (χ4n) is 1.73. The maximum atomic E-state index is 11.3. The maximum absolute atomic E-state index is 11.3. The lowest BCUT2D eigenvalue weighted by molar-refractivity contribution is -0.122. The highest BCUT2D eigenvalue weighted by molar-refractivity contribution is 5.78. The Hall–Kier alpha value is -1.58. The molecule has 1 aliphatic rings. The van der Waals surface area contributed by atoms with Crippen LogP contribution in [0.3, 0.4) is 0 Å². The monoisotopic (exact) mass is 222 g/mol. The number of allylic oxidation sites excluding steroid dienone is 3. The van der Waals surface area contributed by atoms with Crippen LogP contribution in [0.5, 0.6) is 0 Å². The standard InChI is InChI=1S/C12H18N2O2/c1-12(8-11(16)14-2)5-3-9(4-6-12)7-10(13)15/h3-5H,6-8H2,1-2H3,(H2,13,15)(H,14,16). The molecule has 1 aliphatic carbocycles. The molecule has 4 nitrogen and oxygen atoms in total. The summed E-state index contributed by atoms with van der Waals surface area (Å²) in [5.41, 5.74) is 5.90. The van der Waals surface area contributed by atoms with Gasteiger partial charge in [-0.05, 0) is 17.4 Å². The van der Waals surface area contributed by atoms with Crippen LogP contribution < -0.4 is 11.1 Å². The summed E-state index contributed by atoms with van der Waals surface area (Å²) in [6.07, 6.45) is 7.35. The summed E-state index contributed by atoms with van der Waals surface area (Å²) in [5.74, 6) is -0.301. The van der Waals surface area contributed by atoms with Crippen LogP contribution >= 0.6 is 0 Å². The Morgan fingerprint density at radius 2 is 2.25 bits per heavy atom. The molecule has 0 saturated heterocycles. The summed E-state index contributed by atoms with van der Waals surface area (Å²) >= 11 is 0. The van der Waals surface area contributed by atoms with Gasteiger partial charge in [0, 0.05) is 13.5 Å². The molecule has 1 rings (SSSR count). The average Bonchev–Trinajstić information content (AvgIpc) is 2.21. The highest BCUT2D eigenvalue weighted by atomic mass is 16.1. The first-order valence-corrected chi connectivity index (χ1v) is 5.32. The van der Waals surface area contributed by atoms with E-state index in [4.69, 9.17) is 5.73 Å². The van der Waals surface area contributed by atoms with E-state index in [0.29, 0.717) is 6.42 Å². The van der Waals surface area contributed by atoms with Crippen molar-refractivity contribution in [2.45, 2.75) is 26.2 Å². The van der Waals surface area contributed by atoms with Crippen molar-refractivity contribution >= 4 is 11.8 Å². The van der Waals surface area contributed by atoms with Crippen LogP contribution in [0.4, 0.5) is 0 Å². The molecule has 0 saturated carbocycles. The van der Waals surface area contributed by atoms with Crippen LogP contribution in [0.25, 0.3) is 0 Å². The lowest BCUT2D eigenvalue weighted by Crippen LogP contribution is -2.27. The Morgan fingerprint density at radius 1 is 1.56 bits per heavy atom. The number of nitrogens with two attached hydrogens (primary N) is 1. The van der Waals surface area contributed by atoms with Crippen molar-refractivity contribution in [1.29, 1.82) is 0 Å². The van der Waals surface area contributed by atoms with Crippen LogP contribution in [0.15, 0.2) is 23.8 Å². The van der Waals surface area contributed by atoms with E-state index in [1.165, 1.54) is 0 Å². The summed E-state index contributed by atoms with van der Waals surface area (Å²) in [6.45, 7) is 2.02. The van der Waals surface area contributed by atoms with Gasteiger partial charge in [-0.25, -0.2) is 0 Å². The molecular weight excluding hydrogens is 204 g/mol. The number of hydrogen-bond donors (Lipinski definition) is 2. The molecule has 3 N–H and O–H groups in total. The molecule has 0 aliphatic heterocycles. The summed E-state index contributed by atoms with van der Waals surface area (Å²) in [4.78, 5) is 22.0. The van der Waals surface area contributed by atoms with Crippen LogP contribution in [0.2, 0.25) is 0 Å². The van der Waals surface area contributed by atoms with Gasteiger partial charge in [0.05, 0.1) is 6.42 Å². The van der Waals surface area contributed by atoms with Crippen molar-refractivity contribution in [2.75, 3.05) is 7.05 Å². The molecule has 0 fully saturated rings. The van der Waals surface area contributed by atoms with Crippen molar-refractivity contribution in [3.8, 4) is 0 Å². The smallest absolute Gasteiger partial charge is 0.221 e. The van der Waals surface area contributed by atoms with Gasteiger partial charge < -0.3 is 11.1 Å². The van der Waals surface area contributed by atoms with Gasteiger partial charge in [0.25, 0.3) is 0 Å². The molecule has 0 bridgehead atoms. The Kier molecular flexibility index (Phi) is 3.88. The molecule has 0 spiro atoms. The molecule has 88 valence electrons. The summed E-state index contributed by atoms with van der Waals surface area (Å²) in [7, 11) is 1.63. The van der Waals surface area contributed by atoms with E-state index in [1.807, 2.05) is 25.2 Å². The zero-order chi connectivity index (χ0) is 12.2. The number of amides is 2. The molecule has 0 aromatic heterocycles. The van der Waals surface area contributed by atoms with Crippen LogP contribution in [-0.4, -0.2) is 18.9 Å². The van der Waals surface area contributed by atoms with E-state index in [9.17, 15) is 9.59 Å². The van der Waals surface area contributed by atoms with Crippen molar-refractivity contribution in [2.24, 2.45) is 11.1 Å². The molecule has 0 aromatic rings. The highest BCUT2D eigenvalue weighted by Crippen LogP contribution is 2.33. The molecule has 0 radical (unpaired) electrons. The molecule has 1 atom stereocenters. The van der Waals surface area contributed by atoms with Crippen molar-refractivity contribution < 1.29 is 9.59 Å². The van der Waals surface area contributed by atoms with Gasteiger partial charge in [-0.15, -0.1) is 0 Å². The molecule has 1 unspecified atom stereocenters. The molecule has 0 aromatic carbocycles. The molecule has 4 heteroatoms. The van der Waals surface area contributed by atoms with Gasteiger partial charge in [-0.2, -0.15) is 0 Å². The Morgan fingerprint density at radius 3 is 2.69 bits per heavy atom. The maximum Gasteiger partial charge on any atom is 0.221 e. The van der Waals surface area contributed by atoms with Crippen LogP contribution in [-0.2, 0) is 9.59 Å². The van der Waals surface area contributed by atoms with Crippen LogP contribution in [0.1, 0.15) is 26.2 Å². The number of hydrogen-bond acceptors (Lipinski definition) is 2. The molecule has 2 amide bonds. The van der Waals surface area contributed by atoms with Crippen molar-refractivity contribution in [1.82, 2.24) is 5.32 Å². The van der Waals surface area contributed by atoms with E-state index in [1.54, 1.807) is 7.05 Å². The number of carbonyl (C=O) groups is 2. The molecule has 0 heterocycles. The second kappa shape index (κ2) is 4.96. The predicted octanol–water partition coefficient (Wildman–Crippen LogP) is 0.890. The van der Waals surface area contributed by atoms with Crippen molar-refractivity contribution in [3.63, 3.8) is 0 Å². The first-order chi connectivity index (χ1) is 7.45. The quantitative estimate of drug-likeness (QED) is 0.741. The minimum Gasteiger partial charge on any atom is -0.369 e. The third kappa shape index (κ3) is 3.53. The first kappa shape index (κ1) is 12.5. The topological polar surface area (TPSA) is 72.2 Å². The Bertz CT molecular complexity index is 358. The lowest BCUT2D eigenvalue weighted by atomic mass is 9.78. The third-order valence-corrected chi connectivity index (χ3v) is 2.75. The number of carbonyl (C=O) groups excluding carboxylic acids is 2. The van der Waals surface area contributed by atoms with Gasteiger partial charge in [0.15, 0.2) is 0 Å². The zero-order valence-electron chi connectivity index (χ0n) is 9.75. The van der Waals surface area contributed by atoms with E-state index in [0.717, 1.165) is 12.0 Å². The van der Waals surface area contributed by atoms with Crippen molar-refractivity contribution in [3.05, 3.63) is 23.8 Å². The highest BCUT2D eigenvalue weighted by Gasteiger charge is 2.25. The zero-order valence-corrected chi connectivity index (χ0v) is 9.75. The van der Waals surface area contributed by atoms with E-state index in [2.05, 4.69) is 5.32 Å². The Balaban J connectivity index is 2.59. The SMILES string of the molecule is CNC(=O)CC1(C)C=CC(CC(N)=O)=CC1. The largest absolute Gasteiger partial charge is 0.369 e. The second-order valence-electron chi connectivity index (χ2n) is 4.46. The van der Waals surface area contributed by atoms with Crippen LogP contribution in [0, 0.1) is 5.41 Å². The fraction of sp³-hybridized carbons (Fsp3) is 0.500. The lowest BCUT2D eigenvalue weighted by Gasteiger charge is -2.27. The first-order valence-electron chi connectivity index (χ1n) is 5.32. The molecular formula is C12H18N2O2. The van der Waals surface area contributed by atoms with Gasteiger partial charge >= 0.3 is 0 Å². The minimum atomic E-state index is -0.328. The predicted molar refractivity (Wildman–Crippen MR) is 62.4 cm³/mol. The third-order valence-electron chi connectivity index (χ3n) is 2.75. The Labute approximate surface area is 95.6 Å². The van der Waals surface area contributed by atoms with E-state index < -0.39 is 0 Å². The second-order valence-corrected chi connectivity index (χ2v) is 4.46. The van der Waals surface area contributed by atoms with Gasteiger partial charge in [-0.1, -0.05) is 25.2 Å².